The molecule has 1 aromatic carbocycles. The van der Waals surface area contributed by atoms with Crippen LogP contribution in [-0.2, 0) is 0 Å². The zero-order chi connectivity index (χ0) is 10.1. The highest BCUT2D eigenvalue weighted by Gasteiger charge is 2.03. The first kappa shape index (κ1) is 9.74. The van der Waals surface area contributed by atoms with Gasteiger partial charge in [-0.05, 0) is 31.2 Å². The molecule has 14 heavy (non-hydrogen) atoms. The largest absolute Gasteiger partial charge is 0.239 e. The molecule has 72 valence electrons. The Kier molecular flexibility index (Phi) is 2.61. The highest BCUT2D eigenvalue weighted by Crippen LogP contribution is 2.24. The van der Waals surface area contributed by atoms with Crippen molar-refractivity contribution < 1.29 is 0 Å². The van der Waals surface area contributed by atoms with E-state index in [4.69, 9.17) is 11.6 Å². The highest BCUT2D eigenvalue weighted by atomic mass is 79.9. The summed E-state index contributed by atoms with van der Waals surface area (Å²) in [6.45, 7) is 1.95. The van der Waals surface area contributed by atoms with Crippen molar-refractivity contribution in [2.45, 2.75) is 6.92 Å². The topological polar surface area (TPSA) is 17.8 Å². The molecule has 0 saturated heterocycles. The molecule has 2 nitrogen and oxygen atoms in total. The third-order valence-electron chi connectivity index (χ3n) is 1.88. The van der Waals surface area contributed by atoms with Crippen molar-refractivity contribution in [3.8, 4) is 5.69 Å². The van der Waals surface area contributed by atoms with E-state index in [9.17, 15) is 0 Å². The zero-order valence-electron chi connectivity index (χ0n) is 7.54. The van der Waals surface area contributed by atoms with Gasteiger partial charge in [0.05, 0.1) is 16.4 Å². The molecule has 2 aromatic rings. The Morgan fingerprint density at radius 3 is 2.71 bits per heavy atom. The maximum atomic E-state index is 6.08. The summed E-state index contributed by atoms with van der Waals surface area (Å²) in [5, 5.41) is 4.97. The monoisotopic (exact) mass is 270 g/mol. The van der Waals surface area contributed by atoms with E-state index in [-0.39, 0.29) is 0 Å². The lowest BCUT2D eigenvalue weighted by atomic mass is 10.3. The van der Waals surface area contributed by atoms with Gasteiger partial charge in [0.1, 0.15) is 0 Å². The Bertz CT molecular complexity index is 465. The number of aromatic nitrogens is 2. The predicted molar refractivity (Wildman–Crippen MR) is 61.0 cm³/mol. The van der Waals surface area contributed by atoms with Crippen molar-refractivity contribution in [3.05, 3.63) is 45.7 Å². The molecule has 0 aliphatic rings. The minimum absolute atomic E-state index is 0.683. The van der Waals surface area contributed by atoms with Crippen molar-refractivity contribution >= 4 is 27.5 Å². The number of benzene rings is 1. The minimum atomic E-state index is 0.683. The van der Waals surface area contributed by atoms with Crippen LogP contribution in [0.2, 0.25) is 5.02 Å². The molecule has 0 aliphatic heterocycles. The standard InChI is InChI=1S/C10H8BrClN2/c1-7-4-5-14(13-7)10-3-2-8(11)6-9(10)12/h2-6H,1H3. The van der Waals surface area contributed by atoms with Crippen LogP contribution in [0.3, 0.4) is 0 Å². The second-order valence-electron chi connectivity index (χ2n) is 3.00. The molecule has 0 radical (unpaired) electrons. The maximum Gasteiger partial charge on any atom is 0.0832 e. The summed E-state index contributed by atoms with van der Waals surface area (Å²) < 4.78 is 2.74. The Morgan fingerprint density at radius 1 is 1.36 bits per heavy atom. The van der Waals surface area contributed by atoms with Gasteiger partial charge < -0.3 is 0 Å². The van der Waals surface area contributed by atoms with Gasteiger partial charge in [0.2, 0.25) is 0 Å². The number of halogens is 2. The van der Waals surface area contributed by atoms with Gasteiger partial charge in [-0.25, -0.2) is 4.68 Å². The van der Waals surface area contributed by atoms with E-state index in [1.807, 2.05) is 37.4 Å². The number of aryl methyl sites for hydroxylation is 1. The average Bonchev–Trinajstić information content (AvgIpc) is 2.51. The summed E-state index contributed by atoms with van der Waals surface area (Å²) >= 11 is 9.44. The molecule has 4 heteroatoms. The predicted octanol–water partition coefficient (Wildman–Crippen LogP) is 3.60. The first-order valence-corrected chi connectivity index (χ1v) is 5.31. The highest BCUT2D eigenvalue weighted by molar-refractivity contribution is 9.10. The fraction of sp³-hybridized carbons (Fsp3) is 0.100. The Hall–Kier alpha value is -0.800. The molecule has 0 fully saturated rings. The van der Waals surface area contributed by atoms with Gasteiger partial charge in [-0.1, -0.05) is 27.5 Å². The van der Waals surface area contributed by atoms with E-state index in [2.05, 4.69) is 21.0 Å². The molecule has 0 saturated carbocycles. The molecule has 1 heterocycles. The van der Waals surface area contributed by atoms with Crippen molar-refractivity contribution in [2.75, 3.05) is 0 Å². The molecule has 0 unspecified atom stereocenters. The SMILES string of the molecule is Cc1ccn(-c2ccc(Br)cc2Cl)n1. The summed E-state index contributed by atoms with van der Waals surface area (Å²) in [4.78, 5) is 0. The van der Waals surface area contributed by atoms with Crippen molar-refractivity contribution in [1.82, 2.24) is 9.78 Å². The maximum absolute atomic E-state index is 6.08. The Morgan fingerprint density at radius 2 is 2.14 bits per heavy atom. The first-order chi connectivity index (χ1) is 6.66. The second-order valence-corrected chi connectivity index (χ2v) is 4.32. The molecular weight excluding hydrogens is 263 g/mol. The fourth-order valence-electron chi connectivity index (χ4n) is 1.22. The van der Waals surface area contributed by atoms with Crippen LogP contribution in [0.4, 0.5) is 0 Å². The van der Waals surface area contributed by atoms with Crippen molar-refractivity contribution in [1.29, 1.82) is 0 Å². The Labute approximate surface area is 95.6 Å². The van der Waals surface area contributed by atoms with Crippen LogP contribution in [0.25, 0.3) is 5.69 Å². The quantitative estimate of drug-likeness (QED) is 0.775. The van der Waals surface area contributed by atoms with Crippen LogP contribution in [0, 0.1) is 6.92 Å². The van der Waals surface area contributed by atoms with Crippen molar-refractivity contribution in [3.63, 3.8) is 0 Å². The minimum Gasteiger partial charge on any atom is -0.239 e. The molecule has 0 bridgehead atoms. The number of hydrogen-bond acceptors (Lipinski definition) is 1. The van der Waals surface area contributed by atoms with Gasteiger partial charge in [-0.2, -0.15) is 5.10 Å². The lowest BCUT2D eigenvalue weighted by Gasteiger charge is -2.03. The molecule has 1 aromatic heterocycles. The number of rotatable bonds is 1. The molecule has 0 amide bonds. The van der Waals surface area contributed by atoms with Gasteiger partial charge in [0.15, 0.2) is 0 Å². The van der Waals surface area contributed by atoms with Crippen LogP contribution >= 0.6 is 27.5 Å². The van der Waals surface area contributed by atoms with Crippen LogP contribution in [0.15, 0.2) is 34.9 Å². The summed E-state index contributed by atoms with van der Waals surface area (Å²) in [5.41, 5.74) is 1.87. The van der Waals surface area contributed by atoms with Crippen LogP contribution in [-0.4, -0.2) is 9.78 Å². The van der Waals surface area contributed by atoms with Crippen LogP contribution < -0.4 is 0 Å². The zero-order valence-corrected chi connectivity index (χ0v) is 9.88. The van der Waals surface area contributed by atoms with Gasteiger partial charge in [0, 0.05) is 10.7 Å². The van der Waals surface area contributed by atoms with Gasteiger partial charge >= 0.3 is 0 Å². The molecule has 0 spiro atoms. The fourth-order valence-corrected chi connectivity index (χ4v) is 1.98. The summed E-state index contributed by atoms with van der Waals surface area (Å²) in [7, 11) is 0. The van der Waals surface area contributed by atoms with E-state index in [1.54, 1.807) is 4.68 Å². The van der Waals surface area contributed by atoms with E-state index in [0.29, 0.717) is 5.02 Å². The third-order valence-corrected chi connectivity index (χ3v) is 2.67. The van der Waals surface area contributed by atoms with E-state index in [0.717, 1.165) is 15.9 Å². The van der Waals surface area contributed by atoms with Crippen LogP contribution in [0.1, 0.15) is 5.69 Å². The molecule has 0 N–H and O–H groups in total. The normalized spacial score (nSPS) is 10.5. The first-order valence-electron chi connectivity index (χ1n) is 4.14. The third kappa shape index (κ3) is 1.83. The lowest BCUT2D eigenvalue weighted by Crippen LogP contribution is -1.95. The second kappa shape index (κ2) is 3.75. The molecular formula is C10H8BrClN2. The Balaban J connectivity index is 2.52. The van der Waals surface area contributed by atoms with Crippen LogP contribution in [0.5, 0.6) is 0 Å². The number of nitrogens with zero attached hydrogens (tertiary/aromatic N) is 2. The van der Waals surface area contributed by atoms with E-state index >= 15 is 0 Å². The molecule has 0 atom stereocenters. The number of hydrogen-bond donors (Lipinski definition) is 0. The van der Waals surface area contributed by atoms with Gasteiger partial charge in [0.25, 0.3) is 0 Å². The molecule has 0 aliphatic carbocycles. The van der Waals surface area contributed by atoms with Crippen molar-refractivity contribution in [2.24, 2.45) is 0 Å². The van der Waals surface area contributed by atoms with E-state index in [1.165, 1.54) is 0 Å². The van der Waals surface area contributed by atoms with E-state index < -0.39 is 0 Å². The summed E-state index contributed by atoms with van der Waals surface area (Å²) in [5.74, 6) is 0. The summed E-state index contributed by atoms with van der Waals surface area (Å²) in [6, 6.07) is 7.67. The smallest absolute Gasteiger partial charge is 0.0832 e. The summed E-state index contributed by atoms with van der Waals surface area (Å²) in [6.07, 6.45) is 1.89. The average molecular weight is 272 g/mol. The molecule has 2 rings (SSSR count). The lowest BCUT2D eigenvalue weighted by molar-refractivity contribution is 0.862. The van der Waals surface area contributed by atoms with Gasteiger partial charge in [-0.15, -0.1) is 0 Å². The van der Waals surface area contributed by atoms with Gasteiger partial charge in [-0.3, -0.25) is 0 Å².